The first-order valence-electron chi connectivity index (χ1n) is 5.65. The lowest BCUT2D eigenvalue weighted by atomic mass is 10.3. The number of aromatic nitrogens is 3. The van der Waals surface area contributed by atoms with Gasteiger partial charge in [-0.15, -0.1) is 5.10 Å². The van der Waals surface area contributed by atoms with Gasteiger partial charge in [0.05, 0.1) is 7.11 Å². The third kappa shape index (κ3) is 3.01. The molecule has 0 fully saturated rings. The highest BCUT2D eigenvalue weighted by Crippen LogP contribution is 2.18. The summed E-state index contributed by atoms with van der Waals surface area (Å²) in [5.41, 5.74) is 6.17. The fraction of sp³-hybridized carbons (Fsp3) is 0.250. The van der Waals surface area contributed by atoms with E-state index in [9.17, 15) is 4.79 Å². The average molecular weight is 261 g/mol. The molecular weight excluding hydrogens is 246 g/mol. The van der Waals surface area contributed by atoms with E-state index in [1.54, 1.807) is 26.3 Å². The topological polar surface area (TPSA) is 86.3 Å². The van der Waals surface area contributed by atoms with E-state index in [0.29, 0.717) is 0 Å². The van der Waals surface area contributed by atoms with E-state index < -0.39 is 0 Å². The normalized spacial score (nSPS) is 10.2. The minimum atomic E-state index is -0.116. The number of hydrogen-bond acceptors (Lipinski definition) is 5. The van der Waals surface area contributed by atoms with E-state index in [1.165, 1.54) is 15.9 Å². The van der Waals surface area contributed by atoms with Crippen molar-refractivity contribution in [3.8, 4) is 5.75 Å². The molecule has 7 nitrogen and oxygen atoms in total. The molecule has 0 radical (unpaired) electrons. The van der Waals surface area contributed by atoms with E-state index in [-0.39, 0.29) is 18.4 Å². The van der Waals surface area contributed by atoms with Crippen LogP contribution >= 0.6 is 0 Å². The predicted octanol–water partition coefficient (Wildman–Crippen LogP) is 0.532. The Hall–Kier alpha value is -2.57. The lowest BCUT2D eigenvalue weighted by Crippen LogP contribution is -2.30. The summed E-state index contributed by atoms with van der Waals surface area (Å²) < 4.78 is 6.47. The van der Waals surface area contributed by atoms with Gasteiger partial charge in [0, 0.05) is 12.7 Å². The first kappa shape index (κ1) is 12.9. The van der Waals surface area contributed by atoms with Gasteiger partial charge in [0.25, 0.3) is 0 Å². The molecule has 0 saturated carbocycles. The second-order valence-electron chi connectivity index (χ2n) is 3.95. The van der Waals surface area contributed by atoms with Crippen LogP contribution in [-0.2, 0) is 11.3 Å². The van der Waals surface area contributed by atoms with E-state index in [4.69, 9.17) is 10.5 Å². The van der Waals surface area contributed by atoms with Crippen molar-refractivity contribution in [3.63, 3.8) is 0 Å². The van der Waals surface area contributed by atoms with Crippen molar-refractivity contribution in [2.75, 3.05) is 24.8 Å². The lowest BCUT2D eigenvalue weighted by Gasteiger charge is -2.17. The minimum Gasteiger partial charge on any atom is -0.497 e. The van der Waals surface area contributed by atoms with Gasteiger partial charge in [0.15, 0.2) is 0 Å². The Bertz CT molecular complexity index is 564. The highest BCUT2D eigenvalue weighted by atomic mass is 16.5. The fourth-order valence-electron chi connectivity index (χ4n) is 1.58. The molecule has 100 valence electrons. The predicted molar refractivity (Wildman–Crippen MR) is 70.8 cm³/mol. The van der Waals surface area contributed by atoms with Crippen LogP contribution in [0.4, 0.5) is 11.6 Å². The molecular formula is C12H15N5O2. The zero-order valence-electron chi connectivity index (χ0n) is 10.8. The standard InChI is InChI=1S/C12H15N5O2/c1-16(9-3-5-10(19-2)6-4-9)11(18)7-17-8-14-12(13)15-17/h3-6,8H,7H2,1-2H3,(H2,13,15). The Morgan fingerprint density at radius 3 is 2.63 bits per heavy atom. The second kappa shape index (κ2) is 5.38. The molecule has 0 aliphatic rings. The Morgan fingerprint density at radius 1 is 1.42 bits per heavy atom. The van der Waals surface area contributed by atoms with Crippen LogP contribution in [0.2, 0.25) is 0 Å². The van der Waals surface area contributed by atoms with Gasteiger partial charge in [-0.1, -0.05) is 0 Å². The van der Waals surface area contributed by atoms with Crippen LogP contribution < -0.4 is 15.4 Å². The van der Waals surface area contributed by atoms with E-state index >= 15 is 0 Å². The van der Waals surface area contributed by atoms with Crippen molar-refractivity contribution in [1.82, 2.24) is 14.8 Å². The molecule has 0 aliphatic heterocycles. The van der Waals surface area contributed by atoms with Gasteiger partial charge in [0.1, 0.15) is 18.6 Å². The van der Waals surface area contributed by atoms with Gasteiger partial charge in [-0.3, -0.25) is 4.79 Å². The quantitative estimate of drug-likeness (QED) is 0.867. The summed E-state index contributed by atoms with van der Waals surface area (Å²) in [6.45, 7) is 0.0900. The molecule has 19 heavy (non-hydrogen) atoms. The number of amides is 1. The first-order chi connectivity index (χ1) is 9.10. The van der Waals surface area contributed by atoms with Crippen molar-refractivity contribution >= 4 is 17.5 Å². The summed E-state index contributed by atoms with van der Waals surface area (Å²) in [4.78, 5) is 17.3. The SMILES string of the molecule is COc1ccc(N(C)C(=O)Cn2cnc(N)n2)cc1. The summed E-state index contributed by atoms with van der Waals surface area (Å²) in [7, 11) is 3.30. The Morgan fingerprint density at radius 2 is 2.11 bits per heavy atom. The molecule has 0 bridgehead atoms. The second-order valence-corrected chi connectivity index (χ2v) is 3.95. The van der Waals surface area contributed by atoms with Crippen LogP contribution in [0.15, 0.2) is 30.6 Å². The lowest BCUT2D eigenvalue weighted by molar-refractivity contribution is -0.119. The third-order valence-electron chi connectivity index (χ3n) is 2.69. The van der Waals surface area contributed by atoms with Crippen LogP contribution in [0.25, 0.3) is 0 Å². The fourth-order valence-corrected chi connectivity index (χ4v) is 1.58. The van der Waals surface area contributed by atoms with Gasteiger partial charge < -0.3 is 15.4 Å². The molecule has 0 unspecified atom stereocenters. The van der Waals surface area contributed by atoms with Crippen LogP contribution in [0, 0.1) is 0 Å². The summed E-state index contributed by atoms with van der Waals surface area (Å²) in [5.74, 6) is 0.781. The highest BCUT2D eigenvalue weighted by Gasteiger charge is 2.12. The van der Waals surface area contributed by atoms with Gasteiger partial charge >= 0.3 is 0 Å². The molecule has 1 heterocycles. The number of carbonyl (C=O) groups is 1. The number of ether oxygens (including phenoxy) is 1. The van der Waals surface area contributed by atoms with Crippen molar-refractivity contribution in [2.45, 2.75) is 6.54 Å². The van der Waals surface area contributed by atoms with Gasteiger partial charge in [-0.2, -0.15) is 0 Å². The maximum Gasteiger partial charge on any atom is 0.248 e. The largest absolute Gasteiger partial charge is 0.497 e. The number of methoxy groups -OCH3 is 1. The molecule has 1 aromatic carbocycles. The molecule has 0 spiro atoms. The number of nitrogen functional groups attached to an aromatic ring is 1. The Balaban J connectivity index is 2.05. The van der Waals surface area contributed by atoms with Crippen molar-refractivity contribution in [3.05, 3.63) is 30.6 Å². The summed E-state index contributed by atoms with van der Waals surface area (Å²) >= 11 is 0. The third-order valence-corrected chi connectivity index (χ3v) is 2.69. The number of nitrogens with two attached hydrogens (primary N) is 1. The Kier molecular flexibility index (Phi) is 3.65. The smallest absolute Gasteiger partial charge is 0.248 e. The molecule has 1 aromatic heterocycles. The average Bonchev–Trinajstić information content (AvgIpc) is 2.83. The number of carbonyl (C=O) groups excluding carboxylic acids is 1. The number of anilines is 2. The summed E-state index contributed by atoms with van der Waals surface area (Å²) in [6.07, 6.45) is 1.43. The Labute approximate surface area is 110 Å². The highest BCUT2D eigenvalue weighted by molar-refractivity contribution is 5.92. The van der Waals surface area contributed by atoms with Crippen molar-refractivity contribution in [1.29, 1.82) is 0 Å². The van der Waals surface area contributed by atoms with Gasteiger partial charge in [-0.25, -0.2) is 9.67 Å². The van der Waals surface area contributed by atoms with E-state index in [0.717, 1.165) is 11.4 Å². The molecule has 2 N–H and O–H groups in total. The van der Waals surface area contributed by atoms with E-state index in [1.807, 2.05) is 12.1 Å². The van der Waals surface area contributed by atoms with Crippen molar-refractivity contribution < 1.29 is 9.53 Å². The molecule has 1 amide bonds. The number of benzene rings is 1. The molecule has 0 atom stereocenters. The number of nitrogens with zero attached hydrogens (tertiary/aromatic N) is 4. The number of hydrogen-bond donors (Lipinski definition) is 1. The molecule has 0 saturated heterocycles. The van der Waals surface area contributed by atoms with Gasteiger partial charge in [0.2, 0.25) is 11.9 Å². The van der Waals surface area contributed by atoms with Crippen LogP contribution in [-0.4, -0.2) is 34.8 Å². The van der Waals surface area contributed by atoms with Crippen LogP contribution in [0.3, 0.4) is 0 Å². The zero-order valence-corrected chi connectivity index (χ0v) is 10.8. The summed E-state index contributed by atoms with van der Waals surface area (Å²) in [5, 5.41) is 3.87. The van der Waals surface area contributed by atoms with Gasteiger partial charge in [-0.05, 0) is 24.3 Å². The van der Waals surface area contributed by atoms with Crippen LogP contribution in [0.5, 0.6) is 5.75 Å². The number of rotatable bonds is 4. The monoisotopic (exact) mass is 261 g/mol. The molecule has 0 aliphatic carbocycles. The first-order valence-corrected chi connectivity index (χ1v) is 5.65. The van der Waals surface area contributed by atoms with Crippen LogP contribution in [0.1, 0.15) is 0 Å². The summed E-state index contributed by atoms with van der Waals surface area (Å²) in [6, 6.07) is 7.22. The minimum absolute atomic E-state index is 0.0900. The molecule has 7 heteroatoms. The van der Waals surface area contributed by atoms with E-state index in [2.05, 4.69) is 10.1 Å². The molecule has 2 rings (SSSR count). The van der Waals surface area contributed by atoms with Crippen molar-refractivity contribution in [2.24, 2.45) is 0 Å². The number of likely N-dealkylation sites (N-methyl/N-ethyl adjacent to an activating group) is 1. The maximum absolute atomic E-state index is 12.0. The maximum atomic E-state index is 12.0. The molecule has 2 aromatic rings. The zero-order chi connectivity index (χ0) is 13.8.